The van der Waals surface area contributed by atoms with Crippen LogP contribution in [0.4, 0.5) is 4.39 Å². The second-order valence-electron chi connectivity index (χ2n) is 6.31. The van der Waals surface area contributed by atoms with Crippen LogP contribution in [-0.4, -0.2) is 13.3 Å². The van der Waals surface area contributed by atoms with Gasteiger partial charge in [0.05, 0.1) is 5.69 Å². The molecular formula is C20H17FNO2S-. The van der Waals surface area contributed by atoms with E-state index in [9.17, 15) is 13.2 Å². The third kappa shape index (κ3) is 3.17. The fourth-order valence-corrected chi connectivity index (χ4v) is 4.00. The van der Waals surface area contributed by atoms with Gasteiger partial charge in [0.1, 0.15) is 5.82 Å². The molecule has 1 aromatic heterocycles. The van der Waals surface area contributed by atoms with E-state index in [1.807, 2.05) is 36.4 Å². The Morgan fingerprint density at radius 3 is 2.40 bits per heavy atom. The van der Waals surface area contributed by atoms with Crippen molar-refractivity contribution in [1.29, 1.82) is 0 Å². The van der Waals surface area contributed by atoms with Crippen LogP contribution in [0.3, 0.4) is 0 Å². The van der Waals surface area contributed by atoms with Gasteiger partial charge < -0.3 is 9.12 Å². The van der Waals surface area contributed by atoms with E-state index in [0.717, 1.165) is 47.3 Å². The van der Waals surface area contributed by atoms with Gasteiger partial charge in [-0.05, 0) is 59.9 Å². The quantitative estimate of drug-likeness (QED) is 0.656. The molecule has 0 saturated heterocycles. The van der Waals surface area contributed by atoms with Crippen molar-refractivity contribution in [3.8, 4) is 22.4 Å². The van der Waals surface area contributed by atoms with Crippen molar-refractivity contribution in [3.05, 3.63) is 71.7 Å². The summed E-state index contributed by atoms with van der Waals surface area (Å²) in [5.41, 5.74) is 6.31. The van der Waals surface area contributed by atoms with Crippen LogP contribution in [0.1, 0.15) is 17.7 Å². The maximum Gasteiger partial charge on any atom is 0.123 e. The molecule has 1 aliphatic heterocycles. The summed E-state index contributed by atoms with van der Waals surface area (Å²) in [5, 5.41) is 0. The molecular weight excluding hydrogens is 337 g/mol. The highest BCUT2D eigenvalue weighted by Gasteiger charge is 2.21. The predicted octanol–water partition coefficient (Wildman–Crippen LogP) is 4.29. The lowest BCUT2D eigenvalue weighted by molar-refractivity contribution is 0.536. The van der Waals surface area contributed by atoms with E-state index in [2.05, 4.69) is 10.6 Å². The lowest BCUT2D eigenvalue weighted by Gasteiger charge is -2.11. The van der Waals surface area contributed by atoms with Crippen molar-refractivity contribution >= 4 is 11.1 Å². The molecule has 0 amide bonds. The summed E-state index contributed by atoms with van der Waals surface area (Å²) >= 11 is -2.09. The van der Waals surface area contributed by atoms with Gasteiger partial charge in [-0.2, -0.15) is 0 Å². The van der Waals surface area contributed by atoms with Crippen LogP contribution in [0.15, 0.2) is 54.6 Å². The molecule has 1 unspecified atom stereocenters. The van der Waals surface area contributed by atoms with E-state index in [-0.39, 0.29) is 11.6 Å². The summed E-state index contributed by atoms with van der Waals surface area (Å²) in [5.74, 6) is -0.217. The van der Waals surface area contributed by atoms with Gasteiger partial charge in [0.25, 0.3) is 0 Å². The molecule has 4 rings (SSSR count). The summed E-state index contributed by atoms with van der Waals surface area (Å²) in [6, 6.07) is 16.4. The summed E-state index contributed by atoms with van der Waals surface area (Å²) in [6.45, 7) is 0.968. The maximum absolute atomic E-state index is 13.3. The lowest BCUT2D eigenvalue weighted by Crippen LogP contribution is -1.97. The van der Waals surface area contributed by atoms with E-state index in [4.69, 9.17) is 0 Å². The van der Waals surface area contributed by atoms with Crippen molar-refractivity contribution in [2.75, 3.05) is 0 Å². The second-order valence-corrected chi connectivity index (χ2v) is 7.20. The van der Waals surface area contributed by atoms with E-state index < -0.39 is 11.1 Å². The third-order valence-electron chi connectivity index (χ3n) is 4.66. The molecule has 0 radical (unpaired) electrons. The largest absolute Gasteiger partial charge is 0.772 e. The first-order valence-electron chi connectivity index (χ1n) is 8.25. The number of benzene rings is 2. The Hall–Kier alpha value is -2.24. The van der Waals surface area contributed by atoms with Crippen LogP contribution in [0.2, 0.25) is 0 Å². The van der Waals surface area contributed by atoms with Crippen molar-refractivity contribution in [2.45, 2.75) is 25.1 Å². The highest BCUT2D eigenvalue weighted by molar-refractivity contribution is 7.78. The van der Waals surface area contributed by atoms with Crippen LogP contribution in [0, 0.1) is 5.82 Å². The number of halogens is 1. The molecule has 25 heavy (non-hydrogen) atoms. The van der Waals surface area contributed by atoms with Crippen molar-refractivity contribution in [1.82, 2.24) is 4.57 Å². The molecule has 128 valence electrons. The van der Waals surface area contributed by atoms with Gasteiger partial charge in [0, 0.05) is 23.6 Å². The van der Waals surface area contributed by atoms with Crippen LogP contribution in [-0.2, 0) is 29.8 Å². The van der Waals surface area contributed by atoms with Crippen LogP contribution >= 0.6 is 0 Å². The number of hydrogen-bond donors (Lipinski definition) is 0. The molecule has 2 aromatic carbocycles. The smallest absolute Gasteiger partial charge is 0.123 e. The van der Waals surface area contributed by atoms with Gasteiger partial charge in [0.15, 0.2) is 0 Å². The molecule has 1 atom stereocenters. The minimum atomic E-state index is -2.09. The topological polar surface area (TPSA) is 45.1 Å². The summed E-state index contributed by atoms with van der Waals surface area (Å²) in [6.07, 6.45) is 2.17. The minimum absolute atomic E-state index is 0.0252. The number of nitrogens with zero attached hydrogens (tertiary/aromatic N) is 1. The Morgan fingerprint density at radius 2 is 1.72 bits per heavy atom. The predicted molar refractivity (Wildman–Crippen MR) is 96.2 cm³/mol. The molecule has 3 aromatic rings. The van der Waals surface area contributed by atoms with Gasteiger partial charge >= 0.3 is 0 Å². The molecule has 2 heterocycles. The molecule has 0 saturated carbocycles. The number of aryl methyl sites for hydroxylation is 1. The Morgan fingerprint density at radius 1 is 1.04 bits per heavy atom. The number of aromatic nitrogens is 1. The molecule has 0 spiro atoms. The Kier molecular flexibility index (Phi) is 4.27. The molecule has 1 aliphatic rings. The SMILES string of the molecule is O=S([O-])Cc1ccc(-c2cc3n(c2-c2ccc(F)cc2)CCC3)cc1. The highest BCUT2D eigenvalue weighted by atomic mass is 32.2. The Labute approximate surface area is 148 Å². The minimum Gasteiger partial charge on any atom is -0.772 e. The van der Waals surface area contributed by atoms with Gasteiger partial charge in [-0.15, -0.1) is 0 Å². The van der Waals surface area contributed by atoms with Gasteiger partial charge in [-0.25, -0.2) is 4.39 Å². The summed E-state index contributed by atoms with van der Waals surface area (Å²) < 4.78 is 37.3. The van der Waals surface area contributed by atoms with Crippen LogP contribution in [0.5, 0.6) is 0 Å². The first kappa shape index (κ1) is 16.2. The van der Waals surface area contributed by atoms with E-state index in [1.165, 1.54) is 17.8 Å². The zero-order valence-electron chi connectivity index (χ0n) is 13.6. The molecule has 0 fully saturated rings. The van der Waals surface area contributed by atoms with Crippen LogP contribution in [0.25, 0.3) is 22.4 Å². The van der Waals surface area contributed by atoms with E-state index in [1.54, 1.807) is 0 Å². The van der Waals surface area contributed by atoms with E-state index >= 15 is 0 Å². The highest BCUT2D eigenvalue weighted by Crippen LogP contribution is 2.38. The first-order chi connectivity index (χ1) is 12.1. The second kappa shape index (κ2) is 6.58. The fraction of sp³-hybridized carbons (Fsp3) is 0.200. The van der Waals surface area contributed by atoms with Gasteiger partial charge in [-0.3, -0.25) is 4.21 Å². The Bertz CT molecular complexity index is 930. The normalized spacial score (nSPS) is 14.5. The molecule has 0 N–H and O–H groups in total. The number of hydrogen-bond acceptors (Lipinski definition) is 2. The monoisotopic (exact) mass is 354 g/mol. The van der Waals surface area contributed by atoms with Gasteiger partial charge in [-0.1, -0.05) is 35.3 Å². The maximum atomic E-state index is 13.3. The summed E-state index contributed by atoms with van der Waals surface area (Å²) in [4.78, 5) is 0. The fourth-order valence-electron chi connectivity index (χ4n) is 3.54. The average Bonchev–Trinajstić information content (AvgIpc) is 3.17. The molecule has 0 bridgehead atoms. The molecule has 3 nitrogen and oxygen atoms in total. The van der Waals surface area contributed by atoms with Crippen molar-refractivity contribution < 1.29 is 13.2 Å². The first-order valence-corrected chi connectivity index (χ1v) is 9.50. The average molecular weight is 354 g/mol. The molecule has 0 aliphatic carbocycles. The number of fused-ring (bicyclic) bond motifs is 1. The summed E-state index contributed by atoms with van der Waals surface area (Å²) in [7, 11) is 0. The zero-order chi connectivity index (χ0) is 17.4. The van der Waals surface area contributed by atoms with Crippen molar-refractivity contribution in [2.24, 2.45) is 0 Å². The lowest BCUT2D eigenvalue weighted by atomic mass is 9.99. The van der Waals surface area contributed by atoms with E-state index in [0.29, 0.717) is 0 Å². The van der Waals surface area contributed by atoms with Crippen molar-refractivity contribution in [3.63, 3.8) is 0 Å². The van der Waals surface area contributed by atoms with Crippen LogP contribution < -0.4 is 0 Å². The number of rotatable bonds is 4. The zero-order valence-corrected chi connectivity index (χ0v) is 14.4. The van der Waals surface area contributed by atoms with Gasteiger partial charge in [0.2, 0.25) is 0 Å². The third-order valence-corrected chi connectivity index (χ3v) is 5.23. The standard InChI is InChI=1S/C20H18FNO2S/c21-17-9-7-16(8-10-17)20-19(12-18-2-1-11-22(18)20)15-5-3-14(4-6-15)13-25(23)24/h3-10,12H,1-2,11,13H2,(H,23,24)/p-1. The molecule has 5 heteroatoms. The Balaban J connectivity index is 1.80.